The molecule has 17 heavy (non-hydrogen) atoms. The number of piperidine rings is 1. The lowest BCUT2D eigenvalue weighted by Crippen LogP contribution is -2.43. The fourth-order valence-corrected chi connectivity index (χ4v) is 3.19. The van der Waals surface area contributed by atoms with Crippen molar-refractivity contribution in [2.24, 2.45) is 0 Å². The molecule has 2 fully saturated rings. The molecule has 0 amide bonds. The van der Waals surface area contributed by atoms with Crippen LogP contribution >= 0.6 is 0 Å². The highest BCUT2D eigenvalue weighted by Gasteiger charge is 2.40. The standard InChI is InChI=1S/C14H15NO2/c16-9-10-3-1-2-4-14(10)15-11-5-6-12(15)8-13(17)7-11/h1-4,9,11-12H,5-8H2. The first kappa shape index (κ1) is 10.5. The van der Waals surface area contributed by atoms with Gasteiger partial charge in [0.1, 0.15) is 5.78 Å². The molecule has 2 heterocycles. The summed E-state index contributed by atoms with van der Waals surface area (Å²) in [5.41, 5.74) is 1.74. The summed E-state index contributed by atoms with van der Waals surface area (Å²) in [6, 6.07) is 8.29. The number of aldehydes is 1. The Bertz CT molecular complexity index is 453. The molecule has 88 valence electrons. The third kappa shape index (κ3) is 1.66. The maximum Gasteiger partial charge on any atom is 0.152 e. The second-order valence-corrected chi connectivity index (χ2v) is 4.92. The van der Waals surface area contributed by atoms with Crippen LogP contribution in [0.15, 0.2) is 24.3 Å². The molecule has 2 saturated heterocycles. The van der Waals surface area contributed by atoms with Crippen molar-refractivity contribution in [3.63, 3.8) is 0 Å². The van der Waals surface area contributed by atoms with Gasteiger partial charge in [-0.05, 0) is 25.0 Å². The number of hydrogen-bond acceptors (Lipinski definition) is 3. The zero-order valence-electron chi connectivity index (χ0n) is 9.63. The van der Waals surface area contributed by atoms with Gasteiger partial charge in [0.25, 0.3) is 0 Å². The summed E-state index contributed by atoms with van der Waals surface area (Å²) >= 11 is 0. The first-order valence-corrected chi connectivity index (χ1v) is 6.14. The lowest BCUT2D eigenvalue weighted by atomic mass is 9.99. The summed E-state index contributed by atoms with van der Waals surface area (Å²) in [6.07, 6.45) is 4.34. The number of benzene rings is 1. The molecule has 0 aromatic heterocycles. The second-order valence-electron chi connectivity index (χ2n) is 4.92. The van der Waals surface area contributed by atoms with Crippen LogP contribution in [0.4, 0.5) is 5.69 Å². The van der Waals surface area contributed by atoms with Gasteiger partial charge in [0.05, 0.1) is 0 Å². The van der Waals surface area contributed by atoms with Crippen LogP contribution in [0.25, 0.3) is 0 Å². The van der Waals surface area contributed by atoms with Crippen LogP contribution in [-0.4, -0.2) is 24.2 Å². The minimum absolute atomic E-state index is 0.308. The summed E-state index contributed by atoms with van der Waals surface area (Å²) in [5, 5.41) is 0. The average Bonchev–Trinajstić information content (AvgIpc) is 2.61. The third-order valence-electron chi connectivity index (χ3n) is 3.89. The Hall–Kier alpha value is -1.64. The molecule has 3 nitrogen and oxygen atoms in total. The SMILES string of the molecule is O=Cc1ccccc1N1C2CCC1CC(=O)C2. The van der Waals surface area contributed by atoms with Crippen LogP contribution in [0.5, 0.6) is 0 Å². The minimum atomic E-state index is 0.308. The highest BCUT2D eigenvalue weighted by atomic mass is 16.1. The molecular formula is C14H15NO2. The number of hydrogen-bond donors (Lipinski definition) is 0. The Kier molecular flexibility index (Phi) is 2.46. The van der Waals surface area contributed by atoms with Gasteiger partial charge in [-0.15, -0.1) is 0 Å². The van der Waals surface area contributed by atoms with E-state index in [0.29, 0.717) is 30.7 Å². The molecule has 0 saturated carbocycles. The fourth-order valence-electron chi connectivity index (χ4n) is 3.19. The summed E-state index contributed by atoms with van der Waals surface area (Å²) in [6.45, 7) is 0. The van der Waals surface area contributed by atoms with Crippen molar-refractivity contribution in [3.05, 3.63) is 29.8 Å². The monoisotopic (exact) mass is 229 g/mol. The predicted octanol–water partition coefficient (Wildman–Crippen LogP) is 2.20. The molecule has 3 rings (SSSR count). The smallest absolute Gasteiger partial charge is 0.152 e. The number of carbonyl (C=O) groups is 2. The number of nitrogens with zero attached hydrogens (tertiary/aromatic N) is 1. The molecule has 0 radical (unpaired) electrons. The lowest BCUT2D eigenvalue weighted by Gasteiger charge is -2.36. The number of Topliss-reactive ketones (excluding diaryl/α,β-unsaturated/α-hetero) is 1. The summed E-state index contributed by atoms with van der Waals surface area (Å²) in [5.74, 6) is 0.373. The molecule has 0 aliphatic carbocycles. The predicted molar refractivity (Wildman–Crippen MR) is 65.4 cm³/mol. The molecule has 3 heteroatoms. The maximum atomic E-state index is 11.6. The average molecular weight is 229 g/mol. The van der Waals surface area contributed by atoms with E-state index >= 15 is 0 Å². The van der Waals surface area contributed by atoms with E-state index in [9.17, 15) is 9.59 Å². The van der Waals surface area contributed by atoms with Crippen molar-refractivity contribution in [2.45, 2.75) is 37.8 Å². The zero-order valence-corrected chi connectivity index (χ0v) is 9.63. The zero-order chi connectivity index (χ0) is 11.8. The third-order valence-corrected chi connectivity index (χ3v) is 3.89. The summed E-state index contributed by atoms with van der Waals surface area (Å²) < 4.78 is 0. The molecule has 2 unspecified atom stereocenters. The first-order chi connectivity index (χ1) is 8.29. The molecule has 2 aliphatic heterocycles. The van der Waals surface area contributed by atoms with Crippen molar-refractivity contribution >= 4 is 17.8 Å². The van der Waals surface area contributed by atoms with Gasteiger partial charge in [-0.25, -0.2) is 0 Å². The van der Waals surface area contributed by atoms with E-state index in [-0.39, 0.29) is 0 Å². The molecule has 1 aromatic rings. The van der Waals surface area contributed by atoms with E-state index in [4.69, 9.17) is 0 Å². The van der Waals surface area contributed by atoms with Crippen LogP contribution in [0.1, 0.15) is 36.0 Å². The number of fused-ring (bicyclic) bond motifs is 2. The maximum absolute atomic E-state index is 11.6. The van der Waals surface area contributed by atoms with Gasteiger partial charge < -0.3 is 4.90 Å². The number of para-hydroxylation sites is 1. The van der Waals surface area contributed by atoms with Gasteiger partial charge in [-0.1, -0.05) is 12.1 Å². The first-order valence-electron chi connectivity index (χ1n) is 6.14. The Morgan fingerprint density at radius 3 is 2.41 bits per heavy atom. The fraction of sp³-hybridized carbons (Fsp3) is 0.429. The molecular weight excluding hydrogens is 214 g/mol. The van der Waals surface area contributed by atoms with Gasteiger partial charge >= 0.3 is 0 Å². The molecule has 1 aromatic carbocycles. The number of carbonyl (C=O) groups excluding carboxylic acids is 2. The van der Waals surface area contributed by atoms with E-state index in [1.54, 1.807) is 0 Å². The largest absolute Gasteiger partial charge is 0.364 e. The molecule has 2 atom stereocenters. The van der Waals surface area contributed by atoms with Gasteiger partial charge in [0.2, 0.25) is 0 Å². The van der Waals surface area contributed by atoms with Crippen LogP contribution < -0.4 is 4.90 Å². The Balaban J connectivity index is 1.99. The molecule has 2 bridgehead atoms. The second kappa shape index (κ2) is 3.99. The van der Waals surface area contributed by atoms with E-state index in [1.165, 1.54) is 0 Å². The van der Waals surface area contributed by atoms with Crippen LogP contribution in [0, 0.1) is 0 Å². The van der Waals surface area contributed by atoms with Crippen molar-refractivity contribution < 1.29 is 9.59 Å². The number of anilines is 1. The summed E-state index contributed by atoms with van der Waals surface area (Å²) in [4.78, 5) is 24.9. The molecule has 0 spiro atoms. The van der Waals surface area contributed by atoms with Crippen molar-refractivity contribution in [2.75, 3.05) is 4.90 Å². The van der Waals surface area contributed by atoms with E-state index in [1.807, 2.05) is 24.3 Å². The highest BCUT2D eigenvalue weighted by Crippen LogP contribution is 2.38. The van der Waals surface area contributed by atoms with Gasteiger partial charge in [-0.2, -0.15) is 0 Å². The van der Waals surface area contributed by atoms with E-state index in [0.717, 1.165) is 30.4 Å². The molecule has 0 N–H and O–H groups in total. The van der Waals surface area contributed by atoms with E-state index in [2.05, 4.69) is 4.90 Å². The van der Waals surface area contributed by atoms with Crippen LogP contribution in [0.2, 0.25) is 0 Å². The lowest BCUT2D eigenvalue weighted by molar-refractivity contribution is -0.120. The van der Waals surface area contributed by atoms with Crippen LogP contribution in [-0.2, 0) is 4.79 Å². The topological polar surface area (TPSA) is 37.4 Å². The van der Waals surface area contributed by atoms with Gasteiger partial charge in [-0.3, -0.25) is 9.59 Å². The Labute approximate surface area is 100 Å². The molecule has 2 aliphatic rings. The van der Waals surface area contributed by atoms with Gasteiger partial charge in [0.15, 0.2) is 6.29 Å². The van der Waals surface area contributed by atoms with Crippen molar-refractivity contribution in [1.29, 1.82) is 0 Å². The van der Waals surface area contributed by atoms with Gasteiger partial charge in [0, 0.05) is 36.2 Å². The Morgan fingerprint density at radius 1 is 1.12 bits per heavy atom. The quantitative estimate of drug-likeness (QED) is 0.729. The minimum Gasteiger partial charge on any atom is -0.364 e. The number of rotatable bonds is 2. The Morgan fingerprint density at radius 2 is 1.76 bits per heavy atom. The van der Waals surface area contributed by atoms with Crippen molar-refractivity contribution in [1.82, 2.24) is 0 Å². The summed E-state index contributed by atoms with van der Waals surface area (Å²) in [7, 11) is 0. The van der Waals surface area contributed by atoms with Crippen LogP contribution in [0.3, 0.4) is 0 Å². The van der Waals surface area contributed by atoms with E-state index < -0.39 is 0 Å². The highest BCUT2D eigenvalue weighted by molar-refractivity contribution is 5.88. The normalized spacial score (nSPS) is 27.3. The van der Waals surface area contributed by atoms with Crippen molar-refractivity contribution in [3.8, 4) is 0 Å². The number of ketones is 1.